The number of carbonyl (C=O) groups is 1. The topological polar surface area (TPSA) is 89.8 Å². The summed E-state index contributed by atoms with van der Waals surface area (Å²) in [6, 6.07) is 13.6. The van der Waals surface area contributed by atoms with Crippen LogP contribution in [0.25, 0.3) is 11.1 Å². The Kier molecular flexibility index (Phi) is 6.25. The molecule has 6 heteroatoms. The summed E-state index contributed by atoms with van der Waals surface area (Å²) in [4.78, 5) is 12.3. The van der Waals surface area contributed by atoms with E-state index in [1.165, 1.54) is 6.07 Å². The van der Waals surface area contributed by atoms with E-state index in [2.05, 4.69) is 5.32 Å². The number of rotatable bonds is 7. The molecule has 0 aliphatic rings. The highest BCUT2D eigenvalue weighted by molar-refractivity contribution is 5.84. The van der Waals surface area contributed by atoms with Crippen LogP contribution in [0.2, 0.25) is 0 Å². The van der Waals surface area contributed by atoms with Gasteiger partial charge >= 0.3 is 0 Å². The maximum Gasteiger partial charge on any atom is 0.227 e. The minimum atomic E-state index is -1.51. The molecule has 0 spiro atoms. The number of aliphatic hydroxyl groups is 3. The van der Waals surface area contributed by atoms with Crippen LogP contribution in [0.4, 0.5) is 4.39 Å². The number of hydrogen-bond acceptors (Lipinski definition) is 4. The zero-order valence-corrected chi connectivity index (χ0v) is 13.9. The predicted molar refractivity (Wildman–Crippen MR) is 92.4 cm³/mol. The smallest absolute Gasteiger partial charge is 0.227 e. The first-order valence-corrected chi connectivity index (χ1v) is 7.96. The van der Waals surface area contributed by atoms with Crippen LogP contribution in [0.5, 0.6) is 0 Å². The van der Waals surface area contributed by atoms with Crippen LogP contribution < -0.4 is 5.32 Å². The van der Waals surface area contributed by atoms with E-state index in [0.717, 1.165) is 5.56 Å². The van der Waals surface area contributed by atoms with E-state index in [-0.39, 0.29) is 0 Å². The Morgan fingerprint density at radius 2 is 1.68 bits per heavy atom. The molecule has 4 N–H and O–H groups in total. The highest BCUT2D eigenvalue weighted by Gasteiger charge is 2.32. The summed E-state index contributed by atoms with van der Waals surface area (Å²) in [7, 11) is 0. The lowest BCUT2D eigenvalue weighted by atomic mass is 9.94. The minimum absolute atomic E-state index is 0.437. The third-order valence-electron chi connectivity index (χ3n) is 4.27. The van der Waals surface area contributed by atoms with Gasteiger partial charge in [-0.25, -0.2) is 4.39 Å². The van der Waals surface area contributed by atoms with E-state index in [4.69, 9.17) is 0 Å². The van der Waals surface area contributed by atoms with E-state index in [1.54, 1.807) is 31.2 Å². The average Bonchev–Trinajstić information content (AvgIpc) is 2.66. The van der Waals surface area contributed by atoms with Crippen molar-refractivity contribution >= 4 is 5.91 Å². The largest absolute Gasteiger partial charge is 0.394 e. The molecule has 0 bridgehead atoms. The quantitative estimate of drug-likeness (QED) is 0.610. The molecule has 2 aromatic rings. The first-order chi connectivity index (χ1) is 12.0. The van der Waals surface area contributed by atoms with Gasteiger partial charge in [-0.15, -0.1) is 0 Å². The number of halogens is 1. The van der Waals surface area contributed by atoms with E-state index in [1.807, 2.05) is 18.2 Å². The summed E-state index contributed by atoms with van der Waals surface area (Å²) in [5.41, 5.74) is 0.127. The van der Waals surface area contributed by atoms with E-state index < -0.39 is 43.0 Å². The molecular weight excluding hydrogens is 325 g/mol. The van der Waals surface area contributed by atoms with Crippen LogP contribution in [0.15, 0.2) is 48.5 Å². The summed E-state index contributed by atoms with van der Waals surface area (Å²) in [6.07, 6.45) is 0. The van der Waals surface area contributed by atoms with Gasteiger partial charge in [-0.3, -0.25) is 4.79 Å². The molecule has 2 rings (SSSR count). The maximum absolute atomic E-state index is 14.4. The van der Waals surface area contributed by atoms with Gasteiger partial charge in [0.2, 0.25) is 5.91 Å². The number of aliphatic hydroxyl groups excluding tert-OH is 3. The van der Waals surface area contributed by atoms with Crippen LogP contribution >= 0.6 is 0 Å². The lowest BCUT2D eigenvalue weighted by Gasteiger charge is -2.30. The summed E-state index contributed by atoms with van der Waals surface area (Å²) >= 11 is 0. The van der Waals surface area contributed by atoms with Crippen LogP contribution in [0.3, 0.4) is 0 Å². The molecule has 1 amide bonds. The van der Waals surface area contributed by atoms with Crippen molar-refractivity contribution in [3.05, 3.63) is 59.9 Å². The average molecular weight is 347 g/mol. The predicted octanol–water partition coefficient (Wildman–Crippen LogP) is 1.43. The van der Waals surface area contributed by atoms with Gasteiger partial charge in [0.1, 0.15) is 11.4 Å². The number of carbonyl (C=O) groups excluding carboxylic acids is 1. The summed E-state index contributed by atoms with van der Waals surface area (Å²) in [6.45, 7) is -0.248. The van der Waals surface area contributed by atoms with Gasteiger partial charge in [0, 0.05) is 5.56 Å². The van der Waals surface area contributed by atoms with Gasteiger partial charge in [-0.2, -0.15) is 0 Å². The van der Waals surface area contributed by atoms with Crippen molar-refractivity contribution in [1.29, 1.82) is 0 Å². The van der Waals surface area contributed by atoms with Gasteiger partial charge in [-0.05, 0) is 24.1 Å². The Hall–Kier alpha value is -2.28. The molecule has 0 aliphatic heterocycles. The van der Waals surface area contributed by atoms with E-state index >= 15 is 0 Å². The Morgan fingerprint density at radius 1 is 1.08 bits per heavy atom. The van der Waals surface area contributed by atoms with Crippen LogP contribution in [0.1, 0.15) is 18.4 Å². The van der Waals surface area contributed by atoms with Crippen molar-refractivity contribution in [1.82, 2.24) is 5.32 Å². The molecule has 0 saturated heterocycles. The van der Waals surface area contributed by atoms with Crippen LogP contribution in [-0.2, 0) is 4.79 Å². The Balaban J connectivity index is 2.21. The Morgan fingerprint density at radius 3 is 2.20 bits per heavy atom. The monoisotopic (exact) mass is 347 g/mol. The molecule has 5 nitrogen and oxygen atoms in total. The molecule has 0 unspecified atom stereocenters. The molecule has 0 radical (unpaired) electrons. The summed E-state index contributed by atoms with van der Waals surface area (Å²) < 4.78 is 14.4. The first kappa shape index (κ1) is 19.1. The molecule has 2 aromatic carbocycles. The van der Waals surface area contributed by atoms with E-state index in [0.29, 0.717) is 11.1 Å². The van der Waals surface area contributed by atoms with Crippen LogP contribution in [-0.4, -0.2) is 46.6 Å². The van der Waals surface area contributed by atoms with Crippen LogP contribution in [0, 0.1) is 5.82 Å². The van der Waals surface area contributed by atoms with Crippen molar-refractivity contribution in [3.8, 4) is 11.1 Å². The van der Waals surface area contributed by atoms with Crippen molar-refractivity contribution in [2.75, 3.05) is 19.8 Å². The van der Waals surface area contributed by atoms with Crippen molar-refractivity contribution in [2.24, 2.45) is 0 Å². The second-order valence-electron chi connectivity index (χ2n) is 6.07. The molecule has 0 fully saturated rings. The van der Waals surface area contributed by atoms with Gasteiger partial charge in [-0.1, -0.05) is 42.5 Å². The normalized spacial score (nSPS) is 12.7. The fourth-order valence-corrected chi connectivity index (χ4v) is 2.44. The standard InChI is InChI=1S/C19H22FNO4/c1-13(18(25)21-19(10-22,11-23)12-24)15-7-8-16(17(20)9-15)14-5-3-2-4-6-14/h2-9,13,22-24H,10-12H2,1H3,(H,21,25)/t13-/m1/s1. The number of amides is 1. The fraction of sp³-hybridized carbons (Fsp3) is 0.316. The fourth-order valence-electron chi connectivity index (χ4n) is 2.44. The first-order valence-electron chi connectivity index (χ1n) is 7.96. The van der Waals surface area contributed by atoms with Gasteiger partial charge in [0.15, 0.2) is 0 Å². The zero-order valence-electron chi connectivity index (χ0n) is 13.9. The summed E-state index contributed by atoms with van der Waals surface area (Å²) in [5.74, 6) is -1.69. The van der Waals surface area contributed by atoms with Crippen molar-refractivity contribution < 1.29 is 24.5 Å². The van der Waals surface area contributed by atoms with Gasteiger partial charge in [0.05, 0.1) is 25.7 Å². The van der Waals surface area contributed by atoms with Crippen molar-refractivity contribution in [3.63, 3.8) is 0 Å². The number of hydrogen-bond donors (Lipinski definition) is 4. The SMILES string of the molecule is C[C@@H](C(=O)NC(CO)(CO)CO)c1ccc(-c2ccccc2)c(F)c1. The molecule has 25 heavy (non-hydrogen) atoms. The van der Waals surface area contributed by atoms with Crippen molar-refractivity contribution in [2.45, 2.75) is 18.4 Å². The second-order valence-corrected chi connectivity index (χ2v) is 6.07. The molecule has 134 valence electrons. The second kappa shape index (κ2) is 8.20. The molecule has 0 saturated carbocycles. The molecular formula is C19H22FNO4. The zero-order chi connectivity index (χ0) is 18.4. The highest BCUT2D eigenvalue weighted by atomic mass is 19.1. The number of nitrogens with one attached hydrogen (secondary N) is 1. The maximum atomic E-state index is 14.4. The molecule has 0 heterocycles. The number of benzene rings is 2. The molecule has 1 atom stereocenters. The minimum Gasteiger partial charge on any atom is -0.394 e. The lowest BCUT2D eigenvalue weighted by Crippen LogP contribution is -2.57. The highest BCUT2D eigenvalue weighted by Crippen LogP contribution is 2.26. The molecule has 0 aliphatic carbocycles. The molecule has 0 aromatic heterocycles. The van der Waals surface area contributed by atoms with Gasteiger partial charge < -0.3 is 20.6 Å². The summed E-state index contributed by atoms with van der Waals surface area (Å²) in [5, 5.41) is 30.3. The lowest BCUT2D eigenvalue weighted by molar-refractivity contribution is -0.126. The third kappa shape index (κ3) is 4.22. The van der Waals surface area contributed by atoms with E-state index in [9.17, 15) is 24.5 Å². The Bertz CT molecular complexity index is 708. The Labute approximate surface area is 145 Å². The van der Waals surface area contributed by atoms with Gasteiger partial charge in [0.25, 0.3) is 0 Å². The third-order valence-corrected chi connectivity index (χ3v) is 4.27.